The Balaban J connectivity index is 2.21. The van der Waals surface area contributed by atoms with E-state index in [0.29, 0.717) is 25.0 Å². The van der Waals surface area contributed by atoms with Crippen molar-refractivity contribution in [3.8, 4) is 0 Å². The van der Waals surface area contributed by atoms with E-state index in [9.17, 15) is 30.6 Å². The van der Waals surface area contributed by atoms with Crippen LogP contribution in [0.4, 0.5) is 26.3 Å². The van der Waals surface area contributed by atoms with E-state index < -0.39 is 45.1 Å². The molecule has 2 heterocycles. The Morgan fingerprint density at radius 2 is 1.54 bits per heavy atom. The lowest BCUT2D eigenvalue weighted by molar-refractivity contribution is -0.143. The van der Waals surface area contributed by atoms with Gasteiger partial charge in [0.2, 0.25) is 0 Å². The fourth-order valence-corrected chi connectivity index (χ4v) is 5.39. The number of allylic oxidation sites excluding steroid dienone is 1. The van der Waals surface area contributed by atoms with Crippen LogP contribution in [0.25, 0.3) is 5.57 Å². The highest BCUT2D eigenvalue weighted by molar-refractivity contribution is 7.86. The highest BCUT2D eigenvalue weighted by Crippen LogP contribution is 2.46. The van der Waals surface area contributed by atoms with Gasteiger partial charge in [0.1, 0.15) is 0 Å². The largest absolute Gasteiger partial charge is 0.417 e. The Kier molecular flexibility index (Phi) is 4.30. The van der Waals surface area contributed by atoms with Crippen LogP contribution in [0.5, 0.6) is 0 Å². The molecule has 3 unspecified atom stereocenters. The molecule has 2 aliphatic rings. The van der Waals surface area contributed by atoms with Gasteiger partial charge in [-0.2, -0.15) is 26.3 Å². The number of benzene rings is 1. The molecule has 2 bridgehead atoms. The first-order valence-electron chi connectivity index (χ1n) is 7.47. The SMILES string of the molecule is O=S1C2C=C(c3c(C(F)(F)F)cccc3C(F)(F)F)CC1CCC2. The van der Waals surface area contributed by atoms with Crippen molar-refractivity contribution in [3.63, 3.8) is 0 Å². The van der Waals surface area contributed by atoms with Gasteiger partial charge < -0.3 is 0 Å². The van der Waals surface area contributed by atoms with Crippen molar-refractivity contribution in [2.24, 2.45) is 0 Å². The van der Waals surface area contributed by atoms with Crippen molar-refractivity contribution in [1.29, 1.82) is 0 Å². The van der Waals surface area contributed by atoms with E-state index in [1.165, 1.54) is 6.08 Å². The summed E-state index contributed by atoms with van der Waals surface area (Å²) in [6.07, 6.45) is -6.53. The molecule has 24 heavy (non-hydrogen) atoms. The highest BCUT2D eigenvalue weighted by atomic mass is 32.2. The Labute approximate surface area is 137 Å². The van der Waals surface area contributed by atoms with Crippen molar-refractivity contribution in [1.82, 2.24) is 0 Å². The summed E-state index contributed by atoms with van der Waals surface area (Å²) in [5, 5.41) is -0.832. The van der Waals surface area contributed by atoms with Crippen LogP contribution in [0, 0.1) is 0 Å². The molecular formula is C16H14F6OS. The molecular weight excluding hydrogens is 354 g/mol. The van der Waals surface area contributed by atoms with Crippen LogP contribution >= 0.6 is 0 Å². The minimum Gasteiger partial charge on any atom is -0.259 e. The Morgan fingerprint density at radius 3 is 2.04 bits per heavy atom. The van der Waals surface area contributed by atoms with Gasteiger partial charge in [0, 0.05) is 21.6 Å². The molecule has 0 aromatic heterocycles. The van der Waals surface area contributed by atoms with Crippen LogP contribution in [0.2, 0.25) is 0 Å². The van der Waals surface area contributed by atoms with E-state index in [4.69, 9.17) is 0 Å². The van der Waals surface area contributed by atoms with Crippen molar-refractivity contribution >= 4 is 16.4 Å². The van der Waals surface area contributed by atoms with Gasteiger partial charge in [-0.05, 0) is 37.0 Å². The standard InChI is InChI=1S/C16H14F6OS/c17-15(18,19)12-5-2-6-13(16(20,21)22)14(12)9-7-10-3-1-4-11(8-9)24(10)23/h2,5-7,10-11H,1,3-4,8H2. The van der Waals surface area contributed by atoms with Gasteiger partial charge in [-0.1, -0.05) is 18.6 Å². The summed E-state index contributed by atoms with van der Waals surface area (Å²) >= 11 is 0. The molecule has 0 amide bonds. The minimum atomic E-state index is -4.89. The Bertz CT molecular complexity index is 671. The summed E-state index contributed by atoms with van der Waals surface area (Å²) in [5.74, 6) is 0. The van der Waals surface area contributed by atoms with Gasteiger partial charge in [-0.15, -0.1) is 0 Å². The molecule has 2 aliphatic heterocycles. The van der Waals surface area contributed by atoms with Crippen molar-refractivity contribution in [2.75, 3.05) is 0 Å². The summed E-state index contributed by atoms with van der Waals surface area (Å²) in [6, 6.07) is 2.12. The van der Waals surface area contributed by atoms with Crippen LogP contribution in [-0.4, -0.2) is 14.7 Å². The molecule has 3 rings (SSSR count). The zero-order chi connectivity index (χ0) is 17.7. The van der Waals surface area contributed by atoms with E-state index in [2.05, 4.69) is 0 Å². The van der Waals surface area contributed by atoms with E-state index in [1.807, 2.05) is 0 Å². The summed E-state index contributed by atoms with van der Waals surface area (Å²) < 4.78 is 91.9. The third-order valence-electron chi connectivity index (χ3n) is 4.47. The Hall–Kier alpha value is -1.31. The lowest BCUT2D eigenvalue weighted by Gasteiger charge is -2.34. The fourth-order valence-electron chi connectivity index (χ4n) is 3.45. The maximum atomic E-state index is 13.3. The zero-order valence-corrected chi connectivity index (χ0v) is 13.2. The molecule has 1 aromatic carbocycles. The van der Waals surface area contributed by atoms with Crippen LogP contribution < -0.4 is 0 Å². The van der Waals surface area contributed by atoms with Crippen molar-refractivity contribution in [2.45, 2.75) is 48.5 Å². The van der Waals surface area contributed by atoms with E-state index in [-0.39, 0.29) is 17.2 Å². The molecule has 0 aliphatic carbocycles. The molecule has 132 valence electrons. The number of alkyl halides is 6. The second kappa shape index (κ2) is 5.89. The first-order chi connectivity index (χ1) is 11.1. The second-order valence-electron chi connectivity index (χ2n) is 6.04. The molecule has 1 aromatic rings. The second-order valence-corrected chi connectivity index (χ2v) is 7.97. The van der Waals surface area contributed by atoms with E-state index in [0.717, 1.165) is 12.5 Å². The van der Waals surface area contributed by atoms with Gasteiger partial charge in [0.25, 0.3) is 0 Å². The predicted octanol–water partition coefficient (Wildman–Crippen LogP) is 5.18. The van der Waals surface area contributed by atoms with Crippen molar-refractivity contribution in [3.05, 3.63) is 41.0 Å². The molecule has 1 nitrogen and oxygen atoms in total. The lowest BCUT2D eigenvalue weighted by Crippen LogP contribution is -2.34. The number of fused-ring (bicyclic) bond motifs is 2. The average molecular weight is 368 g/mol. The summed E-state index contributed by atoms with van der Waals surface area (Å²) in [5.41, 5.74) is -3.35. The normalized spacial score (nSPS) is 27.8. The molecule has 0 spiro atoms. The van der Waals surface area contributed by atoms with E-state index >= 15 is 0 Å². The zero-order valence-electron chi connectivity index (χ0n) is 12.4. The Morgan fingerprint density at radius 1 is 0.958 bits per heavy atom. The molecule has 0 radical (unpaired) electrons. The number of rotatable bonds is 1. The molecule has 1 saturated heterocycles. The van der Waals surface area contributed by atoms with Crippen LogP contribution in [0.15, 0.2) is 24.3 Å². The molecule has 0 N–H and O–H groups in total. The highest BCUT2D eigenvalue weighted by Gasteiger charge is 2.43. The number of halogens is 6. The summed E-state index contributed by atoms with van der Waals surface area (Å²) in [6.45, 7) is 0. The average Bonchev–Trinajstić information content (AvgIpc) is 2.44. The topological polar surface area (TPSA) is 17.1 Å². The summed E-state index contributed by atoms with van der Waals surface area (Å²) in [7, 11) is -1.22. The molecule has 8 heteroatoms. The molecule has 0 saturated carbocycles. The first kappa shape index (κ1) is 17.5. The van der Waals surface area contributed by atoms with Gasteiger partial charge >= 0.3 is 12.4 Å². The van der Waals surface area contributed by atoms with Gasteiger partial charge in [0.05, 0.1) is 16.4 Å². The van der Waals surface area contributed by atoms with Gasteiger partial charge in [0.15, 0.2) is 0 Å². The fraction of sp³-hybridized carbons (Fsp3) is 0.500. The first-order valence-corrected chi connectivity index (χ1v) is 8.74. The van der Waals surface area contributed by atoms with Crippen LogP contribution in [0.3, 0.4) is 0 Å². The maximum Gasteiger partial charge on any atom is 0.417 e. The minimum absolute atomic E-state index is 0.0146. The monoisotopic (exact) mass is 368 g/mol. The van der Waals surface area contributed by atoms with E-state index in [1.54, 1.807) is 0 Å². The molecule has 1 fully saturated rings. The quantitative estimate of drug-likeness (QED) is 0.624. The van der Waals surface area contributed by atoms with Gasteiger partial charge in [-0.25, -0.2) is 0 Å². The third-order valence-corrected chi connectivity index (χ3v) is 6.50. The summed E-state index contributed by atoms with van der Waals surface area (Å²) in [4.78, 5) is 0. The smallest absolute Gasteiger partial charge is 0.259 e. The number of hydrogen-bond donors (Lipinski definition) is 0. The maximum absolute atomic E-state index is 13.3. The van der Waals surface area contributed by atoms with Crippen LogP contribution in [-0.2, 0) is 23.2 Å². The van der Waals surface area contributed by atoms with Crippen LogP contribution in [0.1, 0.15) is 42.4 Å². The third kappa shape index (κ3) is 3.12. The van der Waals surface area contributed by atoms with Gasteiger partial charge in [-0.3, -0.25) is 4.21 Å². The molecule has 3 atom stereocenters. The van der Waals surface area contributed by atoms with Crippen molar-refractivity contribution < 1.29 is 30.6 Å². The number of hydrogen-bond acceptors (Lipinski definition) is 1. The predicted molar refractivity (Wildman–Crippen MR) is 78.6 cm³/mol. The lowest BCUT2D eigenvalue weighted by atomic mass is 9.87.